The number of anilines is 1. The summed E-state index contributed by atoms with van der Waals surface area (Å²) in [7, 11) is 1.52. The number of benzene rings is 4. The van der Waals surface area contributed by atoms with Crippen molar-refractivity contribution in [3.05, 3.63) is 90.5 Å². The van der Waals surface area contributed by atoms with Crippen LogP contribution in [0.2, 0.25) is 0 Å². The Labute approximate surface area is 195 Å². The number of carbonyl (C=O) groups excluding carboxylic acids is 1. The first-order valence-electron chi connectivity index (χ1n) is 10.3. The molecule has 0 spiro atoms. The van der Waals surface area contributed by atoms with Crippen LogP contribution >= 0.6 is 12.2 Å². The van der Waals surface area contributed by atoms with Crippen LogP contribution in [0.15, 0.2) is 89.3 Å². The van der Waals surface area contributed by atoms with Crippen LogP contribution in [0.1, 0.15) is 10.4 Å². The highest BCUT2D eigenvalue weighted by atomic mass is 32.1. The lowest BCUT2D eigenvalue weighted by molar-refractivity contribution is 0.0975. The van der Waals surface area contributed by atoms with Crippen LogP contribution in [-0.4, -0.2) is 23.1 Å². The minimum atomic E-state index is -0.355. The quantitative estimate of drug-likeness (QED) is 0.336. The standard InChI is InChI=1S/C26H19N3O3S/c1-31-21-12-5-4-11-20(21)24(30)29-26(33)27-18-9-6-8-17(15-18)25-28-23-19-10-3-2-7-16(19)13-14-22(23)32-25/h2-15H,1H3,(H2,27,29,30,33). The summed E-state index contributed by atoms with van der Waals surface area (Å²) in [5, 5.41) is 8.05. The van der Waals surface area contributed by atoms with Crippen LogP contribution in [-0.2, 0) is 0 Å². The van der Waals surface area contributed by atoms with Gasteiger partial charge in [0.25, 0.3) is 5.91 Å². The molecule has 0 unspecified atom stereocenters. The van der Waals surface area contributed by atoms with Crippen molar-refractivity contribution in [2.45, 2.75) is 0 Å². The van der Waals surface area contributed by atoms with Crippen molar-refractivity contribution in [2.75, 3.05) is 12.4 Å². The maximum absolute atomic E-state index is 12.6. The highest BCUT2D eigenvalue weighted by molar-refractivity contribution is 7.80. The molecule has 0 bridgehead atoms. The molecule has 0 fully saturated rings. The summed E-state index contributed by atoms with van der Waals surface area (Å²) in [5.74, 6) is 0.629. The van der Waals surface area contributed by atoms with E-state index in [4.69, 9.17) is 26.4 Å². The topological polar surface area (TPSA) is 76.4 Å². The number of oxazole rings is 1. The normalized spacial score (nSPS) is 10.8. The van der Waals surface area contributed by atoms with E-state index < -0.39 is 0 Å². The fraction of sp³-hybridized carbons (Fsp3) is 0.0385. The van der Waals surface area contributed by atoms with E-state index in [1.807, 2.05) is 60.7 Å². The van der Waals surface area contributed by atoms with Crippen molar-refractivity contribution in [1.82, 2.24) is 10.3 Å². The van der Waals surface area contributed by atoms with Gasteiger partial charge in [-0.3, -0.25) is 10.1 Å². The number of ether oxygens (including phenoxy) is 1. The molecule has 1 aromatic heterocycles. The predicted molar refractivity (Wildman–Crippen MR) is 134 cm³/mol. The first-order valence-corrected chi connectivity index (χ1v) is 10.7. The summed E-state index contributed by atoms with van der Waals surface area (Å²) >= 11 is 5.33. The SMILES string of the molecule is COc1ccccc1C(=O)NC(=S)Nc1cccc(-c2nc3c(ccc4ccccc43)o2)c1. The number of fused-ring (bicyclic) bond motifs is 3. The summed E-state index contributed by atoms with van der Waals surface area (Å²) < 4.78 is 11.3. The van der Waals surface area contributed by atoms with Crippen molar-refractivity contribution in [2.24, 2.45) is 0 Å². The molecule has 0 saturated heterocycles. The highest BCUT2D eigenvalue weighted by Crippen LogP contribution is 2.30. The van der Waals surface area contributed by atoms with Crippen LogP contribution in [0.3, 0.4) is 0 Å². The summed E-state index contributed by atoms with van der Waals surface area (Å²) in [6.07, 6.45) is 0. The van der Waals surface area contributed by atoms with E-state index in [1.165, 1.54) is 7.11 Å². The molecule has 0 radical (unpaired) electrons. The minimum Gasteiger partial charge on any atom is -0.496 e. The second-order valence-corrected chi connectivity index (χ2v) is 7.75. The van der Waals surface area contributed by atoms with E-state index in [0.29, 0.717) is 22.9 Å². The van der Waals surface area contributed by atoms with Crippen LogP contribution < -0.4 is 15.4 Å². The van der Waals surface area contributed by atoms with Crippen LogP contribution in [0.5, 0.6) is 5.75 Å². The number of para-hydroxylation sites is 1. The van der Waals surface area contributed by atoms with E-state index in [1.54, 1.807) is 24.3 Å². The lowest BCUT2D eigenvalue weighted by Gasteiger charge is -2.12. The fourth-order valence-electron chi connectivity index (χ4n) is 3.68. The zero-order valence-electron chi connectivity index (χ0n) is 17.7. The van der Waals surface area contributed by atoms with E-state index in [-0.39, 0.29) is 11.0 Å². The van der Waals surface area contributed by atoms with Crippen molar-refractivity contribution in [3.8, 4) is 17.2 Å². The second-order valence-electron chi connectivity index (χ2n) is 7.34. The monoisotopic (exact) mass is 453 g/mol. The van der Waals surface area contributed by atoms with E-state index in [0.717, 1.165) is 27.4 Å². The Balaban J connectivity index is 1.37. The Morgan fingerprint density at radius 1 is 0.970 bits per heavy atom. The molecule has 4 aromatic carbocycles. The number of rotatable bonds is 4. The molecule has 6 nitrogen and oxygen atoms in total. The van der Waals surface area contributed by atoms with Crippen LogP contribution in [0.25, 0.3) is 33.3 Å². The smallest absolute Gasteiger partial charge is 0.261 e. The third-order valence-electron chi connectivity index (χ3n) is 5.23. The van der Waals surface area contributed by atoms with Gasteiger partial charge in [0.15, 0.2) is 10.7 Å². The molecule has 7 heteroatoms. The van der Waals surface area contributed by atoms with Gasteiger partial charge in [-0.05, 0) is 54.0 Å². The van der Waals surface area contributed by atoms with Gasteiger partial charge in [-0.1, -0.05) is 48.5 Å². The molecule has 0 saturated carbocycles. The molecule has 0 aliphatic heterocycles. The maximum atomic E-state index is 12.6. The number of amides is 1. The predicted octanol–water partition coefficient (Wildman–Crippen LogP) is 5.78. The van der Waals surface area contributed by atoms with Crippen molar-refractivity contribution < 1.29 is 13.9 Å². The molecule has 2 N–H and O–H groups in total. The second kappa shape index (κ2) is 8.72. The Bertz CT molecular complexity index is 1510. The zero-order valence-corrected chi connectivity index (χ0v) is 18.5. The van der Waals surface area contributed by atoms with Gasteiger partial charge in [0.05, 0.1) is 12.7 Å². The molecular formula is C26H19N3O3S. The van der Waals surface area contributed by atoms with Crippen LogP contribution in [0.4, 0.5) is 5.69 Å². The number of hydrogen-bond acceptors (Lipinski definition) is 5. The fourth-order valence-corrected chi connectivity index (χ4v) is 3.89. The first-order chi connectivity index (χ1) is 16.1. The van der Waals surface area contributed by atoms with Crippen molar-refractivity contribution in [1.29, 1.82) is 0 Å². The highest BCUT2D eigenvalue weighted by Gasteiger charge is 2.14. The average molecular weight is 454 g/mol. The van der Waals surface area contributed by atoms with Gasteiger partial charge >= 0.3 is 0 Å². The number of methoxy groups -OCH3 is 1. The molecule has 5 rings (SSSR count). The van der Waals surface area contributed by atoms with Gasteiger partial charge in [-0.25, -0.2) is 4.98 Å². The zero-order chi connectivity index (χ0) is 22.8. The number of hydrogen-bond donors (Lipinski definition) is 2. The molecule has 1 heterocycles. The van der Waals surface area contributed by atoms with E-state index >= 15 is 0 Å². The maximum Gasteiger partial charge on any atom is 0.261 e. The minimum absolute atomic E-state index is 0.173. The van der Waals surface area contributed by atoms with Gasteiger partial charge < -0.3 is 14.5 Å². The number of carbonyl (C=O) groups is 1. The van der Waals surface area contributed by atoms with Gasteiger partial charge in [-0.15, -0.1) is 0 Å². The lowest BCUT2D eigenvalue weighted by Crippen LogP contribution is -2.34. The number of aromatic nitrogens is 1. The van der Waals surface area contributed by atoms with Gasteiger partial charge in [0.2, 0.25) is 5.89 Å². The molecule has 162 valence electrons. The molecule has 33 heavy (non-hydrogen) atoms. The van der Waals surface area contributed by atoms with Crippen molar-refractivity contribution in [3.63, 3.8) is 0 Å². The van der Waals surface area contributed by atoms with Crippen molar-refractivity contribution >= 4 is 50.8 Å². The summed E-state index contributed by atoms with van der Waals surface area (Å²) in [5.41, 5.74) is 3.43. The average Bonchev–Trinajstić information content (AvgIpc) is 3.29. The molecule has 0 aliphatic carbocycles. The molecular weight excluding hydrogens is 434 g/mol. The van der Waals surface area contributed by atoms with Gasteiger partial charge in [-0.2, -0.15) is 0 Å². The number of thiocarbonyl (C=S) groups is 1. The summed E-state index contributed by atoms with van der Waals surface area (Å²) in [6, 6.07) is 26.5. The third kappa shape index (κ3) is 4.14. The van der Waals surface area contributed by atoms with Gasteiger partial charge in [0, 0.05) is 16.6 Å². The summed E-state index contributed by atoms with van der Waals surface area (Å²) in [4.78, 5) is 17.3. The Kier molecular flexibility index (Phi) is 5.46. The molecule has 5 aromatic rings. The molecule has 0 atom stereocenters. The molecule has 1 amide bonds. The Morgan fingerprint density at radius 2 is 1.79 bits per heavy atom. The van der Waals surface area contributed by atoms with Gasteiger partial charge in [0.1, 0.15) is 11.3 Å². The van der Waals surface area contributed by atoms with E-state index in [2.05, 4.69) is 10.6 Å². The third-order valence-corrected chi connectivity index (χ3v) is 5.43. The number of nitrogens with zero attached hydrogens (tertiary/aromatic N) is 1. The Hall–Kier alpha value is -4.23. The first kappa shape index (κ1) is 20.7. The van der Waals surface area contributed by atoms with Crippen LogP contribution in [0, 0.1) is 0 Å². The van der Waals surface area contributed by atoms with E-state index in [9.17, 15) is 4.79 Å². The summed E-state index contributed by atoms with van der Waals surface area (Å²) in [6.45, 7) is 0. The Morgan fingerprint density at radius 3 is 2.67 bits per heavy atom. The number of nitrogens with one attached hydrogen (secondary N) is 2. The molecule has 0 aliphatic rings. The largest absolute Gasteiger partial charge is 0.496 e. The lowest BCUT2D eigenvalue weighted by atomic mass is 10.1.